The zero-order chi connectivity index (χ0) is 25.1. The summed E-state index contributed by atoms with van der Waals surface area (Å²) in [6, 6.07) is 9.71. The minimum Gasteiger partial charge on any atom is -0.350 e. The lowest BCUT2D eigenvalue weighted by atomic mass is 10.2. The molecule has 0 aliphatic rings. The number of nitrogens with one attached hydrogen (secondary N) is 1. The minimum atomic E-state index is -0.674. The summed E-state index contributed by atoms with van der Waals surface area (Å²) in [5, 5.41) is 28.9. The molecule has 0 fully saturated rings. The van der Waals surface area contributed by atoms with Gasteiger partial charge in [0.05, 0.1) is 29.1 Å². The third kappa shape index (κ3) is 4.99. The number of amides is 1. The molecule has 4 rings (SSSR count). The van der Waals surface area contributed by atoms with Crippen molar-refractivity contribution >= 4 is 39.9 Å². The van der Waals surface area contributed by atoms with Crippen LogP contribution in [0.1, 0.15) is 15.9 Å². The maximum absolute atomic E-state index is 12.8. The Bertz CT molecular complexity index is 1530. The van der Waals surface area contributed by atoms with Crippen molar-refractivity contribution < 1.29 is 14.6 Å². The van der Waals surface area contributed by atoms with Crippen LogP contribution in [-0.4, -0.2) is 41.6 Å². The van der Waals surface area contributed by atoms with Crippen LogP contribution in [-0.2, 0) is 13.1 Å². The number of nitro benzene ring substituents is 2. The topological polar surface area (TPSA) is 168 Å². The predicted octanol–water partition coefficient (Wildman–Crippen LogP) is 2.54. The molecule has 0 bridgehead atoms. The Hall–Kier alpha value is -4.65. The van der Waals surface area contributed by atoms with Gasteiger partial charge in [-0.05, 0) is 17.7 Å². The molecule has 13 nitrogen and oxygen atoms in total. The van der Waals surface area contributed by atoms with Gasteiger partial charge in [-0.1, -0.05) is 23.7 Å². The van der Waals surface area contributed by atoms with Crippen molar-refractivity contribution in [2.45, 2.75) is 13.1 Å². The van der Waals surface area contributed by atoms with Gasteiger partial charge in [-0.15, -0.1) is 0 Å². The zero-order valence-electron chi connectivity index (χ0n) is 17.8. The fraction of sp³-hybridized carbons (Fsp3) is 0.143. The van der Waals surface area contributed by atoms with E-state index < -0.39 is 15.8 Å². The quantitative estimate of drug-likeness (QED) is 0.286. The number of carbonyl (C=O) groups excluding carboxylic acids is 1. The van der Waals surface area contributed by atoms with Crippen molar-refractivity contribution in [1.29, 1.82) is 0 Å². The highest BCUT2D eigenvalue weighted by atomic mass is 35.5. The number of nitrogens with zero attached hydrogens (tertiary/aromatic N) is 6. The number of nitro groups is 2. The first-order chi connectivity index (χ1) is 16.7. The van der Waals surface area contributed by atoms with Crippen LogP contribution in [0.3, 0.4) is 0 Å². The fourth-order valence-corrected chi connectivity index (χ4v) is 3.60. The van der Waals surface area contributed by atoms with E-state index in [2.05, 4.69) is 15.4 Å². The molecule has 1 amide bonds. The van der Waals surface area contributed by atoms with E-state index in [1.165, 1.54) is 46.0 Å². The molecular weight excluding hydrogens is 482 g/mol. The first-order valence-electron chi connectivity index (χ1n) is 10.1. The Balaban J connectivity index is 1.45. The standard InChI is InChI=1S/C21H16ClN7O6/c22-17-5-4-14(9-18(17)29(34)35)20(30)23-6-7-27-19-16(10-25-27)21(31)26(12-24-19)11-13-2-1-3-15(8-13)28(32)33/h1-5,8-10,12H,6-7,11H2,(H,23,30). The van der Waals surface area contributed by atoms with Crippen molar-refractivity contribution in [2.24, 2.45) is 0 Å². The predicted molar refractivity (Wildman–Crippen MR) is 124 cm³/mol. The van der Waals surface area contributed by atoms with Crippen LogP contribution in [0, 0.1) is 20.2 Å². The first-order valence-corrected chi connectivity index (χ1v) is 10.5. The molecule has 0 saturated carbocycles. The molecule has 178 valence electrons. The average molecular weight is 498 g/mol. The van der Waals surface area contributed by atoms with Crippen molar-refractivity contribution in [1.82, 2.24) is 24.6 Å². The zero-order valence-corrected chi connectivity index (χ0v) is 18.6. The van der Waals surface area contributed by atoms with Gasteiger partial charge < -0.3 is 5.32 Å². The number of non-ortho nitro benzene ring substituents is 1. The van der Waals surface area contributed by atoms with Gasteiger partial charge in [-0.2, -0.15) is 5.10 Å². The second-order valence-corrected chi connectivity index (χ2v) is 7.80. The highest BCUT2D eigenvalue weighted by molar-refractivity contribution is 6.32. The Morgan fingerprint density at radius 2 is 1.91 bits per heavy atom. The third-order valence-corrected chi connectivity index (χ3v) is 5.43. The molecule has 1 N–H and O–H groups in total. The number of hydrogen-bond acceptors (Lipinski definition) is 8. The van der Waals surface area contributed by atoms with Gasteiger partial charge in [0.2, 0.25) is 0 Å². The van der Waals surface area contributed by atoms with E-state index in [9.17, 15) is 29.8 Å². The Morgan fingerprint density at radius 1 is 1.11 bits per heavy atom. The minimum absolute atomic E-state index is 0.0724. The molecule has 2 aromatic carbocycles. The van der Waals surface area contributed by atoms with Crippen molar-refractivity contribution in [3.63, 3.8) is 0 Å². The van der Waals surface area contributed by atoms with Crippen LogP contribution in [0.4, 0.5) is 11.4 Å². The first kappa shape index (κ1) is 23.5. The van der Waals surface area contributed by atoms with E-state index in [1.54, 1.807) is 12.1 Å². The Morgan fingerprint density at radius 3 is 2.66 bits per heavy atom. The molecule has 35 heavy (non-hydrogen) atoms. The molecule has 0 saturated heterocycles. The van der Waals surface area contributed by atoms with Crippen LogP contribution >= 0.6 is 11.6 Å². The van der Waals surface area contributed by atoms with Gasteiger partial charge in [0.1, 0.15) is 16.7 Å². The molecule has 0 atom stereocenters. The Labute approximate surface area is 200 Å². The number of benzene rings is 2. The number of hydrogen-bond donors (Lipinski definition) is 1. The SMILES string of the molecule is O=C(NCCn1ncc2c(=O)n(Cc3cccc([N+](=O)[O-])c3)cnc21)c1ccc(Cl)c([N+](=O)[O-])c1. The van der Waals surface area contributed by atoms with Crippen LogP contribution < -0.4 is 10.9 Å². The summed E-state index contributed by atoms with van der Waals surface area (Å²) in [5.41, 5.74) is 0.135. The molecule has 14 heteroatoms. The maximum atomic E-state index is 12.8. The summed E-state index contributed by atoms with van der Waals surface area (Å²) in [6.07, 6.45) is 2.69. The molecule has 2 heterocycles. The van der Waals surface area contributed by atoms with Crippen molar-refractivity contribution in [3.8, 4) is 0 Å². The van der Waals surface area contributed by atoms with Crippen molar-refractivity contribution in [2.75, 3.05) is 6.54 Å². The van der Waals surface area contributed by atoms with E-state index in [1.807, 2.05) is 0 Å². The summed E-state index contributed by atoms with van der Waals surface area (Å²) < 4.78 is 2.77. The molecule has 0 aliphatic heterocycles. The summed E-state index contributed by atoms with van der Waals surface area (Å²) >= 11 is 5.77. The van der Waals surface area contributed by atoms with Crippen LogP contribution in [0.15, 0.2) is 59.8 Å². The molecule has 0 unspecified atom stereocenters. The van der Waals surface area contributed by atoms with Gasteiger partial charge in [-0.3, -0.25) is 34.4 Å². The fourth-order valence-electron chi connectivity index (χ4n) is 3.41. The number of fused-ring (bicyclic) bond motifs is 1. The lowest BCUT2D eigenvalue weighted by molar-refractivity contribution is -0.385. The van der Waals surface area contributed by atoms with E-state index in [-0.39, 0.29) is 52.5 Å². The van der Waals surface area contributed by atoms with Gasteiger partial charge in [0, 0.05) is 30.3 Å². The van der Waals surface area contributed by atoms with E-state index in [4.69, 9.17) is 11.6 Å². The van der Waals surface area contributed by atoms with Crippen LogP contribution in [0.2, 0.25) is 5.02 Å². The molecule has 4 aromatic rings. The number of rotatable bonds is 8. The smallest absolute Gasteiger partial charge is 0.288 e. The lowest BCUT2D eigenvalue weighted by Crippen LogP contribution is -2.28. The highest BCUT2D eigenvalue weighted by Gasteiger charge is 2.17. The molecule has 2 aromatic heterocycles. The molecule has 0 aliphatic carbocycles. The Kier molecular flexibility index (Phi) is 6.51. The summed E-state index contributed by atoms with van der Waals surface area (Å²) in [6.45, 7) is 0.397. The second kappa shape index (κ2) is 9.69. The monoisotopic (exact) mass is 497 g/mol. The molecular formula is C21H16ClN7O6. The number of halogens is 1. The largest absolute Gasteiger partial charge is 0.350 e. The highest BCUT2D eigenvalue weighted by Crippen LogP contribution is 2.25. The number of aromatic nitrogens is 4. The van der Waals surface area contributed by atoms with Gasteiger partial charge in [-0.25, -0.2) is 9.67 Å². The van der Waals surface area contributed by atoms with Crippen molar-refractivity contribution in [3.05, 3.63) is 102 Å². The van der Waals surface area contributed by atoms with Gasteiger partial charge >= 0.3 is 0 Å². The summed E-state index contributed by atoms with van der Waals surface area (Å²) in [4.78, 5) is 50.3. The average Bonchev–Trinajstić information content (AvgIpc) is 3.24. The van der Waals surface area contributed by atoms with Gasteiger partial charge in [0.25, 0.3) is 22.8 Å². The van der Waals surface area contributed by atoms with E-state index in [0.29, 0.717) is 11.2 Å². The number of carbonyl (C=O) groups is 1. The maximum Gasteiger partial charge on any atom is 0.288 e. The normalized spacial score (nSPS) is 10.9. The molecule has 0 radical (unpaired) electrons. The van der Waals surface area contributed by atoms with Crippen LogP contribution in [0.5, 0.6) is 0 Å². The molecule has 0 spiro atoms. The second-order valence-electron chi connectivity index (χ2n) is 7.39. The van der Waals surface area contributed by atoms with E-state index in [0.717, 1.165) is 6.07 Å². The summed E-state index contributed by atoms with van der Waals surface area (Å²) in [7, 11) is 0. The third-order valence-electron chi connectivity index (χ3n) is 5.11. The van der Waals surface area contributed by atoms with Crippen LogP contribution in [0.25, 0.3) is 11.0 Å². The lowest BCUT2D eigenvalue weighted by Gasteiger charge is -2.08. The van der Waals surface area contributed by atoms with E-state index >= 15 is 0 Å². The van der Waals surface area contributed by atoms with Gasteiger partial charge in [0.15, 0.2) is 5.65 Å². The summed E-state index contributed by atoms with van der Waals surface area (Å²) in [5.74, 6) is -0.534.